The first-order valence-electron chi connectivity index (χ1n) is 6.78. The van der Waals surface area contributed by atoms with Gasteiger partial charge in [-0.05, 0) is 58.9 Å². The third kappa shape index (κ3) is 2.99. The number of likely N-dealkylation sites (tertiary alicyclic amines) is 2. The van der Waals surface area contributed by atoms with Gasteiger partial charge in [0.1, 0.15) is 0 Å². The third-order valence-electron chi connectivity index (χ3n) is 4.42. The molecule has 0 aromatic carbocycles. The average Bonchev–Trinajstić information content (AvgIpc) is 2.33. The molecule has 0 saturated carbocycles. The van der Waals surface area contributed by atoms with Crippen LogP contribution >= 0.6 is 0 Å². The smallest absolute Gasteiger partial charge is 0.305 e. The number of carboxylic acid groups (broad SMARTS) is 1. The monoisotopic (exact) mass is 240 g/mol. The Hall–Kier alpha value is -0.610. The summed E-state index contributed by atoms with van der Waals surface area (Å²) in [5, 5.41) is 9.19. The number of rotatable bonds is 3. The SMILES string of the molecule is CN1CCC(CC(=O)O)(N2CCCCC2)CC1. The zero-order chi connectivity index (χ0) is 12.3. The van der Waals surface area contributed by atoms with Crippen LogP contribution in [0.25, 0.3) is 0 Å². The molecule has 0 unspecified atom stereocenters. The molecule has 2 aliphatic rings. The number of hydrogen-bond donors (Lipinski definition) is 1. The summed E-state index contributed by atoms with van der Waals surface area (Å²) in [4.78, 5) is 15.9. The second kappa shape index (κ2) is 5.36. The zero-order valence-electron chi connectivity index (χ0n) is 10.8. The predicted octanol–water partition coefficient (Wildman–Crippen LogP) is 1.41. The van der Waals surface area contributed by atoms with E-state index >= 15 is 0 Å². The normalized spacial score (nSPS) is 26.9. The van der Waals surface area contributed by atoms with E-state index in [9.17, 15) is 9.90 Å². The van der Waals surface area contributed by atoms with Gasteiger partial charge in [-0.2, -0.15) is 0 Å². The predicted molar refractivity (Wildman–Crippen MR) is 67.1 cm³/mol. The second-order valence-corrected chi connectivity index (χ2v) is 5.65. The van der Waals surface area contributed by atoms with Crippen molar-refractivity contribution < 1.29 is 9.90 Å². The Balaban J connectivity index is 2.08. The molecule has 2 rings (SSSR count). The molecule has 1 N–H and O–H groups in total. The van der Waals surface area contributed by atoms with Crippen LogP contribution in [0.15, 0.2) is 0 Å². The van der Waals surface area contributed by atoms with Crippen molar-refractivity contribution in [3.63, 3.8) is 0 Å². The summed E-state index contributed by atoms with van der Waals surface area (Å²) >= 11 is 0. The van der Waals surface area contributed by atoms with Gasteiger partial charge in [-0.15, -0.1) is 0 Å². The highest BCUT2D eigenvalue weighted by atomic mass is 16.4. The fourth-order valence-electron chi connectivity index (χ4n) is 3.29. The lowest BCUT2D eigenvalue weighted by Gasteiger charge is -2.49. The summed E-state index contributed by atoms with van der Waals surface area (Å²) < 4.78 is 0. The maximum Gasteiger partial charge on any atom is 0.305 e. The Morgan fingerprint density at radius 1 is 1.12 bits per heavy atom. The van der Waals surface area contributed by atoms with Gasteiger partial charge in [-0.25, -0.2) is 0 Å². The number of carboxylic acids is 1. The van der Waals surface area contributed by atoms with Crippen molar-refractivity contribution in [2.75, 3.05) is 33.2 Å². The van der Waals surface area contributed by atoms with Crippen molar-refractivity contribution in [2.45, 2.75) is 44.1 Å². The highest BCUT2D eigenvalue weighted by Gasteiger charge is 2.41. The molecule has 0 atom stereocenters. The van der Waals surface area contributed by atoms with Crippen molar-refractivity contribution in [1.82, 2.24) is 9.80 Å². The molecular formula is C13H24N2O2. The van der Waals surface area contributed by atoms with E-state index in [4.69, 9.17) is 0 Å². The van der Waals surface area contributed by atoms with Crippen LogP contribution in [0, 0.1) is 0 Å². The quantitative estimate of drug-likeness (QED) is 0.810. The third-order valence-corrected chi connectivity index (χ3v) is 4.42. The van der Waals surface area contributed by atoms with Gasteiger partial charge in [0, 0.05) is 5.54 Å². The van der Waals surface area contributed by atoms with Crippen molar-refractivity contribution >= 4 is 5.97 Å². The molecule has 4 nitrogen and oxygen atoms in total. The molecule has 2 heterocycles. The van der Waals surface area contributed by atoms with Crippen LogP contribution in [0.2, 0.25) is 0 Å². The van der Waals surface area contributed by atoms with Crippen LogP contribution in [0.1, 0.15) is 38.5 Å². The number of hydrogen-bond acceptors (Lipinski definition) is 3. The maximum atomic E-state index is 11.2. The summed E-state index contributed by atoms with van der Waals surface area (Å²) in [5.41, 5.74) is -0.0568. The molecule has 0 aliphatic carbocycles. The van der Waals surface area contributed by atoms with E-state index in [1.54, 1.807) is 0 Å². The van der Waals surface area contributed by atoms with Crippen molar-refractivity contribution in [2.24, 2.45) is 0 Å². The lowest BCUT2D eigenvalue weighted by Crippen LogP contribution is -2.57. The van der Waals surface area contributed by atoms with E-state index in [2.05, 4.69) is 16.8 Å². The standard InChI is InChI=1S/C13H24N2O2/c1-14-9-5-13(6-10-14,11-12(16)17)15-7-3-2-4-8-15/h2-11H2,1H3,(H,16,17). The number of piperidine rings is 2. The topological polar surface area (TPSA) is 43.8 Å². The average molecular weight is 240 g/mol. The van der Waals surface area contributed by atoms with Crippen LogP contribution in [0.4, 0.5) is 0 Å². The van der Waals surface area contributed by atoms with Gasteiger partial charge in [0.25, 0.3) is 0 Å². The largest absolute Gasteiger partial charge is 0.481 e. The molecule has 0 aromatic heterocycles. The maximum absolute atomic E-state index is 11.2. The van der Waals surface area contributed by atoms with E-state index in [1.165, 1.54) is 19.3 Å². The van der Waals surface area contributed by atoms with E-state index in [0.29, 0.717) is 6.42 Å². The molecule has 0 radical (unpaired) electrons. The van der Waals surface area contributed by atoms with Gasteiger partial charge in [0.05, 0.1) is 6.42 Å². The first-order chi connectivity index (χ1) is 8.12. The summed E-state index contributed by atoms with van der Waals surface area (Å²) in [6, 6.07) is 0. The zero-order valence-corrected chi connectivity index (χ0v) is 10.8. The molecule has 17 heavy (non-hydrogen) atoms. The summed E-state index contributed by atoms with van der Waals surface area (Å²) in [7, 11) is 2.13. The Morgan fingerprint density at radius 3 is 2.24 bits per heavy atom. The number of aliphatic carboxylic acids is 1. The van der Waals surface area contributed by atoms with Gasteiger partial charge in [0.15, 0.2) is 0 Å². The van der Waals surface area contributed by atoms with Gasteiger partial charge >= 0.3 is 5.97 Å². The van der Waals surface area contributed by atoms with Gasteiger partial charge in [0.2, 0.25) is 0 Å². The fourth-order valence-corrected chi connectivity index (χ4v) is 3.29. The lowest BCUT2D eigenvalue weighted by molar-refractivity contribution is -0.142. The van der Waals surface area contributed by atoms with E-state index in [-0.39, 0.29) is 5.54 Å². The van der Waals surface area contributed by atoms with Crippen LogP contribution in [0.3, 0.4) is 0 Å². The van der Waals surface area contributed by atoms with Gasteiger partial charge < -0.3 is 10.0 Å². The van der Waals surface area contributed by atoms with Crippen molar-refractivity contribution in [3.05, 3.63) is 0 Å². The Morgan fingerprint density at radius 2 is 1.71 bits per heavy atom. The Labute approximate surface area is 104 Å². The van der Waals surface area contributed by atoms with Gasteiger partial charge in [-0.1, -0.05) is 6.42 Å². The van der Waals surface area contributed by atoms with Gasteiger partial charge in [-0.3, -0.25) is 9.69 Å². The first-order valence-corrected chi connectivity index (χ1v) is 6.78. The highest BCUT2D eigenvalue weighted by Crippen LogP contribution is 2.34. The molecule has 4 heteroatoms. The molecular weight excluding hydrogens is 216 g/mol. The van der Waals surface area contributed by atoms with E-state index in [1.807, 2.05) is 0 Å². The van der Waals surface area contributed by atoms with Crippen LogP contribution < -0.4 is 0 Å². The van der Waals surface area contributed by atoms with E-state index < -0.39 is 5.97 Å². The molecule has 2 aliphatic heterocycles. The minimum absolute atomic E-state index is 0.0568. The Kier molecular flexibility index (Phi) is 4.05. The van der Waals surface area contributed by atoms with Crippen molar-refractivity contribution in [1.29, 1.82) is 0 Å². The summed E-state index contributed by atoms with van der Waals surface area (Å²) in [6.45, 7) is 4.25. The minimum Gasteiger partial charge on any atom is -0.481 e. The molecule has 0 bridgehead atoms. The lowest BCUT2D eigenvalue weighted by atomic mass is 9.81. The van der Waals surface area contributed by atoms with Crippen molar-refractivity contribution in [3.8, 4) is 0 Å². The summed E-state index contributed by atoms with van der Waals surface area (Å²) in [5.74, 6) is -0.639. The molecule has 2 saturated heterocycles. The summed E-state index contributed by atoms with van der Waals surface area (Å²) in [6.07, 6.45) is 6.11. The Bertz CT molecular complexity index is 267. The number of nitrogens with zero attached hydrogens (tertiary/aromatic N) is 2. The first kappa shape index (κ1) is 12.8. The van der Waals surface area contributed by atoms with Crippen LogP contribution in [-0.4, -0.2) is 59.6 Å². The second-order valence-electron chi connectivity index (χ2n) is 5.65. The van der Waals surface area contributed by atoms with E-state index in [0.717, 1.165) is 39.0 Å². The molecule has 0 spiro atoms. The molecule has 0 aromatic rings. The van der Waals surface area contributed by atoms with Crippen LogP contribution in [0.5, 0.6) is 0 Å². The highest BCUT2D eigenvalue weighted by molar-refractivity contribution is 5.68. The van der Waals surface area contributed by atoms with Crippen LogP contribution in [-0.2, 0) is 4.79 Å². The molecule has 98 valence electrons. The number of carbonyl (C=O) groups is 1. The molecule has 0 amide bonds. The molecule has 2 fully saturated rings. The fraction of sp³-hybridized carbons (Fsp3) is 0.923. The minimum atomic E-state index is -0.639.